The molecule has 0 fully saturated rings. The minimum absolute atomic E-state index is 0.264. The summed E-state index contributed by atoms with van der Waals surface area (Å²) in [4.78, 5) is 0. The zero-order valence-electron chi connectivity index (χ0n) is 11.0. The smallest absolute Gasteiger partial charge is 0.127 e. The largest absolute Gasteiger partial charge is 0.512 e. The van der Waals surface area contributed by atoms with Gasteiger partial charge >= 0.3 is 0 Å². The van der Waals surface area contributed by atoms with Gasteiger partial charge in [-0.05, 0) is 43.5 Å². The van der Waals surface area contributed by atoms with E-state index in [9.17, 15) is 5.11 Å². The summed E-state index contributed by atoms with van der Waals surface area (Å²) in [7, 11) is 0. The summed E-state index contributed by atoms with van der Waals surface area (Å²) in [6, 6.07) is 7.92. The molecule has 1 aromatic rings. The van der Waals surface area contributed by atoms with Crippen molar-refractivity contribution in [2.24, 2.45) is 5.92 Å². The molecule has 18 heavy (non-hydrogen) atoms. The molecule has 0 spiro atoms. The second-order valence-electron chi connectivity index (χ2n) is 4.82. The third-order valence-electron chi connectivity index (χ3n) is 3.17. The standard InChI is InChI=1S/C16H20O2/c1-3-5-13-8-9-15(11-16(13)17)18-14-7-4-6-12(2)10-14/h4,6-7,9-11,13,17H,3,5,8H2,1-2H3. The van der Waals surface area contributed by atoms with Crippen LogP contribution in [0.15, 0.2) is 47.9 Å². The Morgan fingerprint density at radius 3 is 2.89 bits per heavy atom. The van der Waals surface area contributed by atoms with Crippen molar-refractivity contribution in [2.45, 2.75) is 33.1 Å². The molecule has 1 atom stereocenters. The summed E-state index contributed by atoms with van der Waals surface area (Å²) in [5.41, 5.74) is 1.17. The predicted octanol–water partition coefficient (Wildman–Crippen LogP) is 4.52. The molecule has 1 aromatic carbocycles. The third kappa shape index (κ3) is 3.16. The van der Waals surface area contributed by atoms with Crippen LogP contribution in [0.1, 0.15) is 31.7 Å². The quantitative estimate of drug-likeness (QED) is 0.843. The molecule has 2 heteroatoms. The van der Waals surface area contributed by atoms with E-state index in [-0.39, 0.29) is 5.92 Å². The number of ether oxygens (including phenoxy) is 1. The van der Waals surface area contributed by atoms with E-state index in [1.54, 1.807) is 6.08 Å². The van der Waals surface area contributed by atoms with Crippen molar-refractivity contribution in [1.29, 1.82) is 0 Å². The molecule has 0 heterocycles. The number of hydrogen-bond acceptors (Lipinski definition) is 2. The Kier molecular flexibility index (Phi) is 4.08. The van der Waals surface area contributed by atoms with Gasteiger partial charge in [-0.1, -0.05) is 25.5 Å². The number of rotatable bonds is 4. The summed E-state index contributed by atoms with van der Waals surface area (Å²) < 4.78 is 5.76. The maximum absolute atomic E-state index is 9.94. The fourth-order valence-electron chi connectivity index (χ4n) is 2.20. The van der Waals surface area contributed by atoms with E-state index in [1.165, 1.54) is 5.56 Å². The topological polar surface area (TPSA) is 29.5 Å². The normalized spacial score (nSPS) is 19.1. The van der Waals surface area contributed by atoms with E-state index >= 15 is 0 Å². The third-order valence-corrected chi connectivity index (χ3v) is 3.17. The first-order valence-corrected chi connectivity index (χ1v) is 6.54. The highest BCUT2D eigenvalue weighted by atomic mass is 16.5. The first-order valence-electron chi connectivity index (χ1n) is 6.54. The molecule has 0 radical (unpaired) electrons. The van der Waals surface area contributed by atoms with E-state index in [2.05, 4.69) is 13.0 Å². The molecular weight excluding hydrogens is 224 g/mol. The highest BCUT2D eigenvalue weighted by Crippen LogP contribution is 2.27. The number of benzene rings is 1. The van der Waals surface area contributed by atoms with Gasteiger partial charge in [0.05, 0.1) is 5.76 Å². The lowest BCUT2D eigenvalue weighted by Gasteiger charge is -2.19. The van der Waals surface area contributed by atoms with Crippen molar-refractivity contribution in [3.05, 3.63) is 53.5 Å². The van der Waals surface area contributed by atoms with Crippen LogP contribution in [-0.2, 0) is 0 Å². The van der Waals surface area contributed by atoms with Crippen molar-refractivity contribution in [3.63, 3.8) is 0 Å². The molecule has 2 rings (SSSR count). The minimum Gasteiger partial charge on any atom is -0.512 e. The van der Waals surface area contributed by atoms with Gasteiger partial charge in [-0.3, -0.25) is 0 Å². The van der Waals surface area contributed by atoms with Gasteiger partial charge in [-0.2, -0.15) is 0 Å². The van der Waals surface area contributed by atoms with Crippen LogP contribution in [0.2, 0.25) is 0 Å². The van der Waals surface area contributed by atoms with Crippen LogP contribution in [-0.4, -0.2) is 5.11 Å². The Morgan fingerprint density at radius 2 is 2.22 bits per heavy atom. The van der Waals surface area contributed by atoms with Crippen molar-refractivity contribution in [1.82, 2.24) is 0 Å². The van der Waals surface area contributed by atoms with E-state index in [4.69, 9.17) is 4.74 Å². The Bertz CT molecular complexity index is 472. The summed E-state index contributed by atoms with van der Waals surface area (Å²) in [6.07, 6.45) is 6.77. The fraction of sp³-hybridized carbons (Fsp3) is 0.375. The van der Waals surface area contributed by atoms with Crippen LogP contribution in [0.4, 0.5) is 0 Å². The summed E-state index contributed by atoms with van der Waals surface area (Å²) in [6.45, 7) is 4.17. The van der Waals surface area contributed by atoms with Gasteiger partial charge in [0.25, 0.3) is 0 Å². The number of aryl methyl sites for hydroxylation is 1. The van der Waals surface area contributed by atoms with Crippen LogP contribution < -0.4 is 4.74 Å². The van der Waals surface area contributed by atoms with Gasteiger partial charge in [-0.25, -0.2) is 0 Å². The zero-order valence-corrected chi connectivity index (χ0v) is 11.0. The Hall–Kier alpha value is -1.70. The highest BCUT2D eigenvalue weighted by molar-refractivity contribution is 5.32. The molecular formula is C16H20O2. The maximum atomic E-state index is 9.94. The van der Waals surface area contributed by atoms with Crippen LogP contribution >= 0.6 is 0 Å². The van der Waals surface area contributed by atoms with E-state index in [0.29, 0.717) is 5.76 Å². The van der Waals surface area contributed by atoms with Gasteiger partial charge < -0.3 is 9.84 Å². The summed E-state index contributed by atoms with van der Waals surface area (Å²) in [5, 5.41) is 9.94. The first kappa shape index (κ1) is 12.7. The molecule has 0 aromatic heterocycles. The van der Waals surface area contributed by atoms with E-state index in [1.807, 2.05) is 31.2 Å². The number of allylic oxidation sites excluding steroid dienone is 3. The molecule has 0 aliphatic heterocycles. The Labute approximate surface area is 109 Å². The number of aliphatic hydroxyl groups excluding tert-OH is 1. The predicted molar refractivity (Wildman–Crippen MR) is 73.6 cm³/mol. The molecule has 0 amide bonds. The van der Waals surface area contributed by atoms with Gasteiger partial charge in [0, 0.05) is 12.0 Å². The molecule has 1 aliphatic carbocycles. The molecule has 0 bridgehead atoms. The van der Waals surface area contributed by atoms with Crippen molar-refractivity contribution in [3.8, 4) is 5.75 Å². The summed E-state index contributed by atoms with van der Waals surface area (Å²) >= 11 is 0. The minimum atomic E-state index is 0.264. The number of aliphatic hydroxyl groups is 1. The molecule has 0 saturated carbocycles. The molecule has 2 nitrogen and oxygen atoms in total. The monoisotopic (exact) mass is 244 g/mol. The first-order chi connectivity index (χ1) is 8.69. The average molecular weight is 244 g/mol. The van der Waals surface area contributed by atoms with Gasteiger partial charge in [0.2, 0.25) is 0 Å². The summed E-state index contributed by atoms with van der Waals surface area (Å²) in [5.74, 6) is 2.27. The van der Waals surface area contributed by atoms with Crippen LogP contribution in [0.3, 0.4) is 0 Å². The second-order valence-corrected chi connectivity index (χ2v) is 4.82. The number of hydrogen-bond donors (Lipinski definition) is 1. The maximum Gasteiger partial charge on any atom is 0.127 e. The molecule has 1 unspecified atom stereocenters. The molecule has 0 saturated heterocycles. The van der Waals surface area contributed by atoms with Gasteiger partial charge in [0.15, 0.2) is 0 Å². The van der Waals surface area contributed by atoms with Crippen LogP contribution in [0.5, 0.6) is 5.75 Å². The Balaban J connectivity index is 2.04. The SMILES string of the molecule is CCCC1CC=C(Oc2cccc(C)c2)C=C1O. The van der Waals surface area contributed by atoms with Crippen molar-refractivity contribution in [2.75, 3.05) is 0 Å². The van der Waals surface area contributed by atoms with Gasteiger partial charge in [-0.15, -0.1) is 0 Å². The second kappa shape index (κ2) is 5.76. The lowest BCUT2D eigenvalue weighted by atomic mass is 9.93. The molecule has 96 valence electrons. The van der Waals surface area contributed by atoms with Gasteiger partial charge in [0.1, 0.15) is 11.5 Å². The fourth-order valence-corrected chi connectivity index (χ4v) is 2.20. The van der Waals surface area contributed by atoms with Crippen molar-refractivity contribution >= 4 is 0 Å². The average Bonchev–Trinajstić information content (AvgIpc) is 2.33. The highest BCUT2D eigenvalue weighted by Gasteiger charge is 2.17. The molecule has 1 N–H and O–H groups in total. The zero-order chi connectivity index (χ0) is 13.0. The van der Waals surface area contributed by atoms with Crippen molar-refractivity contribution < 1.29 is 9.84 Å². The lowest BCUT2D eigenvalue weighted by molar-refractivity contribution is 0.303. The van der Waals surface area contributed by atoms with E-state index in [0.717, 1.165) is 30.8 Å². The lowest BCUT2D eigenvalue weighted by Crippen LogP contribution is -2.09. The Morgan fingerprint density at radius 1 is 1.39 bits per heavy atom. The van der Waals surface area contributed by atoms with Crippen LogP contribution in [0, 0.1) is 12.8 Å². The van der Waals surface area contributed by atoms with E-state index < -0.39 is 0 Å². The van der Waals surface area contributed by atoms with Crippen LogP contribution in [0.25, 0.3) is 0 Å². The molecule has 1 aliphatic rings.